The Morgan fingerprint density at radius 2 is 1.37 bits per heavy atom. The zero-order valence-corrected chi connectivity index (χ0v) is 20.4. The van der Waals surface area contributed by atoms with Crippen molar-refractivity contribution in [2.24, 2.45) is 0 Å². The molecule has 11 heteroatoms. The van der Waals surface area contributed by atoms with Crippen LogP contribution in [0, 0.1) is 0 Å². The lowest BCUT2D eigenvalue weighted by molar-refractivity contribution is -0.147. The predicted octanol–water partition coefficient (Wildman–Crippen LogP) is 1.36. The molecule has 2 aromatic rings. The summed E-state index contributed by atoms with van der Waals surface area (Å²) in [7, 11) is 7.40. The van der Waals surface area contributed by atoms with Gasteiger partial charge in [-0.2, -0.15) is 0 Å². The molecule has 0 spiro atoms. The molecule has 0 aliphatic heterocycles. The molecule has 0 radical (unpaired) electrons. The summed E-state index contributed by atoms with van der Waals surface area (Å²) in [4.78, 5) is 36.3. The third-order valence-electron chi connectivity index (χ3n) is 4.87. The van der Waals surface area contributed by atoms with E-state index >= 15 is 0 Å². The van der Waals surface area contributed by atoms with Gasteiger partial charge >= 0.3 is 5.97 Å². The summed E-state index contributed by atoms with van der Waals surface area (Å²) in [6.07, 6.45) is 0.547. The van der Waals surface area contributed by atoms with Crippen molar-refractivity contribution in [2.45, 2.75) is 6.42 Å². The monoisotopic (exact) mass is 490 g/mol. The van der Waals surface area contributed by atoms with Crippen LogP contribution in [-0.2, 0) is 20.7 Å². The molecule has 2 N–H and O–H groups in total. The molecule has 0 saturated heterocycles. The third-order valence-corrected chi connectivity index (χ3v) is 4.87. The number of methoxy groups -OCH3 is 5. The maximum atomic E-state index is 12.4. The van der Waals surface area contributed by atoms with Gasteiger partial charge in [0.05, 0.1) is 35.5 Å². The predicted molar refractivity (Wildman–Crippen MR) is 126 cm³/mol. The second-order valence-electron chi connectivity index (χ2n) is 7.05. The highest BCUT2D eigenvalue weighted by atomic mass is 16.5. The van der Waals surface area contributed by atoms with Gasteiger partial charge in [-0.1, -0.05) is 6.07 Å². The average molecular weight is 491 g/mol. The highest BCUT2D eigenvalue weighted by Gasteiger charge is 2.18. The van der Waals surface area contributed by atoms with Crippen LogP contribution < -0.4 is 34.3 Å². The largest absolute Gasteiger partial charge is 0.493 e. The molecule has 2 aromatic carbocycles. The zero-order chi connectivity index (χ0) is 25.8. The van der Waals surface area contributed by atoms with Crippen LogP contribution in [-0.4, -0.2) is 73.0 Å². The molecule has 190 valence electrons. The van der Waals surface area contributed by atoms with E-state index in [9.17, 15) is 14.4 Å². The molecule has 11 nitrogen and oxygen atoms in total. The molecular weight excluding hydrogens is 460 g/mol. The first-order valence-electron chi connectivity index (χ1n) is 10.6. The molecule has 0 atom stereocenters. The normalized spacial score (nSPS) is 10.1. The first-order chi connectivity index (χ1) is 16.9. The minimum atomic E-state index is -0.763. The molecule has 0 saturated carbocycles. The topological polar surface area (TPSA) is 131 Å². The van der Waals surface area contributed by atoms with Gasteiger partial charge in [0.2, 0.25) is 5.75 Å². The summed E-state index contributed by atoms with van der Waals surface area (Å²) in [5.41, 5.74) is 1.13. The maximum absolute atomic E-state index is 12.4. The summed E-state index contributed by atoms with van der Waals surface area (Å²) in [5, 5.41) is 5.09. The van der Waals surface area contributed by atoms with Crippen molar-refractivity contribution in [3.63, 3.8) is 0 Å². The van der Waals surface area contributed by atoms with Crippen molar-refractivity contribution in [3.8, 4) is 28.7 Å². The minimum Gasteiger partial charge on any atom is -0.493 e. The average Bonchev–Trinajstić information content (AvgIpc) is 2.89. The second kappa shape index (κ2) is 13.5. The number of carbonyl (C=O) groups excluding carboxylic acids is 3. The maximum Gasteiger partial charge on any atom is 0.325 e. The van der Waals surface area contributed by atoms with Crippen LogP contribution >= 0.6 is 0 Å². The molecule has 0 bridgehead atoms. The van der Waals surface area contributed by atoms with Gasteiger partial charge in [0.25, 0.3) is 11.8 Å². The Kier molecular flexibility index (Phi) is 10.5. The molecule has 0 aliphatic carbocycles. The molecule has 0 unspecified atom stereocenters. The van der Waals surface area contributed by atoms with Crippen LogP contribution in [0.25, 0.3) is 0 Å². The number of benzene rings is 2. The van der Waals surface area contributed by atoms with Crippen molar-refractivity contribution in [3.05, 3.63) is 41.5 Å². The Bertz CT molecular complexity index is 1010. The van der Waals surface area contributed by atoms with Gasteiger partial charge < -0.3 is 39.1 Å². The van der Waals surface area contributed by atoms with Crippen LogP contribution in [0.2, 0.25) is 0 Å². The van der Waals surface area contributed by atoms with Crippen molar-refractivity contribution < 1.29 is 42.8 Å². The number of esters is 1. The van der Waals surface area contributed by atoms with Crippen LogP contribution in [0.5, 0.6) is 28.7 Å². The van der Waals surface area contributed by atoms with Crippen molar-refractivity contribution in [1.29, 1.82) is 0 Å². The number of ether oxygens (including phenoxy) is 6. The van der Waals surface area contributed by atoms with Gasteiger partial charge in [0.1, 0.15) is 6.54 Å². The van der Waals surface area contributed by atoms with Crippen LogP contribution in [0.3, 0.4) is 0 Å². The van der Waals surface area contributed by atoms with Gasteiger partial charge in [0.15, 0.2) is 29.6 Å². The van der Waals surface area contributed by atoms with E-state index in [1.54, 1.807) is 20.3 Å². The van der Waals surface area contributed by atoms with E-state index in [2.05, 4.69) is 10.6 Å². The van der Waals surface area contributed by atoms with E-state index < -0.39 is 30.9 Å². The number of carbonyl (C=O) groups is 3. The fraction of sp³-hybridized carbons (Fsp3) is 0.375. The van der Waals surface area contributed by atoms with Gasteiger partial charge in [-0.05, 0) is 36.2 Å². The van der Waals surface area contributed by atoms with E-state index in [1.807, 2.05) is 12.1 Å². The van der Waals surface area contributed by atoms with Gasteiger partial charge in [-0.15, -0.1) is 0 Å². The Balaban J connectivity index is 1.77. The van der Waals surface area contributed by atoms with Crippen LogP contribution in [0.1, 0.15) is 15.9 Å². The highest BCUT2D eigenvalue weighted by molar-refractivity contribution is 5.97. The van der Waals surface area contributed by atoms with E-state index in [0.717, 1.165) is 5.56 Å². The number of hydrogen-bond acceptors (Lipinski definition) is 9. The first kappa shape index (κ1) is 27.1. The van der Waals surface area contributed by atoms with E-state index in [4.69, 9.17) is 28.4 Å². The fourth-order valence-electron chi connectivity index (χ4n) is 3.10. The Morgan fingerprint density at radius 3 is 1.94 bits per heavy atom. The minimum absolute atomic E-state index is 0.195. The quantitative estimate of drug-likeness (QED) is 0.400. The summed E-state index contributed by atoms with van der Waals surface area (Å²) in [5.74, 6) is 0.358. The van der Waals surface area contributed by atoms with Gasteiger partial charge in [-0.3, -0.25) is 14.4 Å². The molecule has 0 aromatic heterocycles. The van der Waals surface area contributed by atoms with Gasteiger partial charge in [0, 0.05) is 12.1 Å². The molecule has 0 aliphatic rings. The highest BCUT2D eigenvalue weighted by Crippen LogP contribution is 2.38. The SMILES string of the molecule is COc1ccc(CCNC(=O)COC(=O)CNC(=O)c2cc(OC)c(OC)c(OC)c2)cc1OC. The summed E-state index contributed by atoms with van der Waals surface area (Å²) < 4.78 is 31.0. The lowest BCUT2D eigenvalue weighted by atomic mass is 10.1. The van der Waals surface area contributed by atoms with Crippen molar-refractivity contribution in [2.75, 3.05) is 55.2 Å². The van der Waals surface area contributed by atoms with Crippen molar-refractivity contribution >= 4 is 17.8 Å². The summed E-state index contributed by atoms with van der Waals surface area (Å²) in [6.45, 7) is -0.553. The van der Waals surface area contributed by atoms with E-state index in [0.29, 0.717) is 41.7 Å². The lowest BCUT2D eigenvalue weighted by Gasteiger charge is -2.14. The molecule has 0 fully saturated rings. The number of hydrogen-bond donors (Lipinski definition) is 2. The molecular formula is C24H30N2O9. The molecule has 2 amide bonds. The summed E-state index contributed by atoms with van der Waals surface area (Å²) >= 11 is 0. The summed E-state index contributed by atoms with van der Waals surface area (Å²) in [6, 6.07) is 8.37. The molecule has 2 rings (SSSR count). The number of rotatable bonds is 13. The third kappa shape index (κ3) is 7.70. The Labute approximate surface area is 203 Å². The molecule has 0 heterocycles. The Morgan fingerprint density at radius 1 is 0.743 bits per heavy atom. The van der Waals surface area contributed by atoms with Crippen LogP contribution in [0.15, 0.2) is 30.3 Å². The fourth-order valence-corrected chi connectivity index (χ4v) is 3.10. The lowest BCUT2D eigenvalue weighted by Crippen LogP contribution is -2.34. The van der Waals surface area contributed by atoms with Crippen LogP contribution in [0.4, 0.5) is 0 Å². The smallest absolute Gasteiger partial charge is 0.325 e. The number of nitrogens with one attached hydrogen (secondary N) is 2. The Hall–Kier alpha value is -4.15. The molecule has 35 heavy (non-hydrogen) atoms. The first-order valence-corrected chi connectivity index (χ1v) is 10.6. The number of amides is 2. The van der Waals surface area contributed by atoms with Gasteiger partial charge in [-0.25, -0.2) is 0 Å². The van der Waals surface area contributed by atoms with Crippen molar-refractivity contribution in [1.82, 2.24) is 10.6 Å². The second-order valence-corrected chi connectivity index (χ2v) is 7.05. The van der Waals surface area contributed by atoms with E-state index in [-0.39, 0.29) is 5.56 Å². The standard InChI is InChI=1S/C24H30N2O9/c1-30-17-7-6-15(10-18(17)31-2)8-9-25-21(27)14-35-22(28)13-26-24(29)16-11-19(32-3)23(34-5)20(12-16)33-4/h6-7,10-12H,8-9,13-14H2,1-5H3,(H,25,27)(H,26,29). The zero-order valence-electron chi connectivity index (χ0n) is 20.4. The van der Waals surface area contributed by atoms with E-state index in [1.165, 1.54) is 33.5 Å².